The van der Waals surface area contributed by atoms with Crippen molar-refractivity contribution in [3.63, 3.8) is 0 Å². The molecular weight excluding hydrogens is 244 g/mol. The van der Waals surface area contributed by atoms with Crippen LogP contribution in [0.1, 0.15) is 39.5 Å². The molecule has 0 aromatic rings. The van der Waals surface area contributed by atoms with Gasteiger partial charge in [0.1, 0.15) is 0 Å². The molecule has 0 aromatic heterocycles. The van der Waals surface area contributed by atoms with Crippen LogP contribution in [0.2, 0.25) is 0 Å². The Labute approximate surface area is 116 Å². The van der Waals surface area contributed by atoms with E-state index in [4.69, 9.17) is 10.5 Å². The smallest absolute Gasteiger partial charge is 0.0589 e. The highest BCUT2D eigenvalue weighted by atomic mass is 32.2. The first-order valence-electron chi connectivity index (χ1n) is 7.13. The van der Waals surface area contributed by atoms with E-state index in [0.29, 0.717) is 10.9 Å². The van der Waals surface area contributed by atoms with Gasteiger partial charge in [-0.3, -0.25) is 4.90 Å². The molecule has 1 aliphatic carbocycles. The predicted octanol–water partition coefficient (Wildman–Crippen LogP) is 2.10. The molecule has 1 saturated carbocycles. The summed E-state index contributed by atoms with van der Waals surface area (Å²) < 4.78 is 5.97. The number of ether oxygens (including phenoxy) is 1. The van der Waals surface area contributed by atoms with E-state index < -0.39 is 0 Å². The van der Waals surface area contributed by atoms with Crippen LogP contribution in [0.4, 0.5) is 0 Å². The second kappa shape index (κ2) is 5.70. The maximum Gasteiger partial charge on any atom is 0.0589 e. The molecule has 1 heterocycles. The first-order chi connectivity index (χ1) is 8.51. The standard InChI is InChI=1S/C14H28N2OS/c1-13(2)11-16(7-8-18-13)14(10-15)6-4-5-12(9-14)17-3/h12H,4-11,15H2,1-3H3. The summed E-state index contributed by atoms with van der Waals surface area (Å²) >= 11 is 2.09. The van der Waals surface area contributed by atoms with Gasteiger partial charge in [-0.2, -0.15) is 11.8 Å². The molecule has 0 amide bonds. The Morgan fingerprint density at radius 1 is 1.44 bits per heavy atom. The molecule has 2 rings (SSSR count). The summed E-state index contributed by atoms with van der Waals surface area (Å²) in [6, 6.07) is 0. The molecule has 0 bridgehead atoms. The Hall–Kier alpha value is 0.230. The summed E-state index contributed by atoms with van der Waals surface area (Å²) in [5, 5.41) is 0. The molecule has 2 unspecified atom stereocenters. The van der Waals surface area contributed by atoms with E-state index in [1.165, 1.54) is 31.6 Å². The van der Waals surface area contributed by atoms with Crippen LogP contribution in [-0.4, -0.2) is 53.8 Å². The Bertz CT molecular complexity index is 285. The average molecular weight is 272 g/mol. The highest BCUT2D eigenvalue weighted by Gasteiger charge is 2.43. The van der Waals surface area contributed by atoms with Crippen LogP contribution in [0.15, 0.2) is 0 Å². The first kappa shape index (κ1) is 14.6. The van der Waals surface area contributed by atoms with Gasteiger partial charge in [0, 0.05) is 42.8 Å². The minimum atomic E-state index is 0.192. The summed E-state index contributed by atoms with van der Waals surface area (Å²) in [5.41, 5.74) is 6.36. The minimum absolute atomic E-state index is 0.192. The van der Waals surface area contributed by atoms with Crippen molar-refractivity contribution < 1.29 is 4.74 Å². The third-order valence-electron chi connectivity index (χ3n) is 4.59. The van der Waals surface area contributed by atoms with Crippen LogP contribution in [0.25, 0.3) is 0 Å². The zero-order chi connectivity index (χ0) is 13.2. The van der Waals surface area contributed by atoms with E-state index in [2.05, 4.69) is 30.5 Å². The molecular formula is C14H28N2OS. The largest absolute Gasteiger partial charge is 0.381 e. The first-order valence-corrected chi connectivity index (χ1v) is 8.12. The monoisotopic (exact) mass is 272 g/mol. The van der Waals surface area contributed by atoms with E-state index in [1.54, 1.807) is 0 Å². The number of thioether (sulfide) groups is 1. The SMILES string of the molecule is COC1CCCC(CN)(N2CCSC(C)(C)C2)C1. The van der Waals surface area contributed by atoms with Gasteiger partial charge in [-0.25, -0.2) is 0 Å². The zero-order valence-corrected chi connectivity index (χ0v) is 12.9. The van der Waals surface area contributed by atoms with E-state index in [-0.39, 0.29) is 5.54 Å². The number of nitrogens with two attached hydrogens (primary N) is 1. The number of rotatable bonds is 3. The van der Waals surface area contributed by atoms with Crippen LogP contribution >= 0.6 is 11.8 Å². The molecule has 106 valence electrons. The van der Waals surface area contributed by atoms with Gasteiger partial charge in [0.2, 0.25) is 0 Å². The minimum Gasteiger partial charge on any atom is -0.381 e. The number of methoxy groups -OCH3 is 1. The van der Waals surface area contributed by atoms with Crippen molar-refractivity contribution in [2.75, 3.05) is 32.5 Å². The molecule has 2 N–H and O–H groups in total. The Kier molecular flexibility index (Phi) is 4.63. The highest BCUT2D eigenvalue weighted by molar-refractivity contribution is 8.00. The fourth-order valence-electron chi connectivity index (χ4n) is 3.51. The van der Waals surface area contributed by atoms with E-state index in [1.807, 2.05) is 7.11 Å². The van der Waals surface area contributed by atoms with Crippen LogP contribution < -0.4 is 5.73 Å². The third-order valence-corrected chi connectivity index (χ3v) is 5.88. The number of nitrogens with zero attached hydrogens (tertiary/aromatic N) is 1. The van der Waals surface area contributed by atoms with Crippen molar-refractivity contribution in [1.82, 2.24) is 4.90 Å². The maximum atomic E-state index is 6.17. The van der Waals surface area contributed by atoms with Crippen molar-refractivity contribution in [1.29, 1.82) is 0 Å². The molecule has 2 atom stereocenters. The molecule has 0 aromatic carbocycles. The quantitative estimate of drug-likeness (QED) is 0.854. The summed E-state index contributed by atoms with van der Waals surface area (Å²) in [7, 11) is 1.84. The van der Waals surface area contributed by atoms with Crippen molar-refractivity contribution in [2.24, 2.45) is 5.73 Å². The lowest BCUT2D eigenvalue weighted by Gasteiger charge is -2.52. The Morgan fingerprint density at radius 2 is 2.22 bits per heavy atom. The molecule has 0 radical (unpaired) electrons. The fraction of sp³-hybridized carbons (Fsp3) is 1.00. The molecule has 2 aliphatic rings. The fourth-order valence-corrected chi connectivity index (χ4v) is 4.62. The van der Waals surface area contributed by atoms with Gasteiger partial charge in [-0.15, -0.1) is 0 Å². The molecule has 18 heavy (non-hydrogen) atoms. The van der Waals surface area contributed by atoms with Gasteiger partial charge >= 0.3 is 0 Å². The normalized spacial score (nSPS) is 37.7. The van der Waals surface area contributed by atoms with Crippen molar-refractivity contribution in [3.05, 3.63) is 0 Å². The average Bonchev–Trinajstić information content (AvgIpc) is 2.37. The summed E-state index contributed by atoms with van der Waals surface area (Å²) in [4.78, 5) is 2.66. The van der Waals surface area contributed by atoms with E-state index in [9.17, 15) is 0 Å². The van der Waals surface area contributed by atoms with Crippen LogP contribution in [-0.2, 0) is 4.74 Å². The number of hydrogen-bond acceptors (Lipinski definition) is 4. The van der Waals surface area contributed by atoms with Crippen LogP contribution in [0, 0.1) is 0 Å². The topological polar surface area (TPSA) is 38.5 Å². The van der Waals surface area contributed by atoms with Gasteiger partial charge in [0.15, 0.2) is 0 Å². The lowest BCUT2D eigenvalue weighted by Crippen LogP contribution is -2.62. The molecule has 1 aliphatic heterocycles. The van der Waals surface area contributed by atoms with Gasteiger partial charge in [0.05, 0.1) is 6.10 Å². The Balaban J connectivity index is 2.11. The van der Waals surface area contributed by atoms with Crippen molar-refractivity contribution in [3.8, 4) is 0 Å². The highest BCUT2D eigenvalue weighted by Crippen LogP contribution is 2.39. The number of hydrogen-bond donors (Lipinski definition) is 1. The van der Waals surface area contributed by atoms with Gasteiger partial charge in [-0.05, 0) is 39.5 Å². The molecule has 4 heteroatoms. The van der Waals surface area contributed by atoms with Crippen LogP contribution in [0.3, 0.4) is 0 Å². The molecule has 3 nitrogen and oxygen atoms in total. The van der Waals surface area contributed by atoms with Gasteiger partial charge in [0.25, 0.3) is 0 Å². The third kappa shape index (κ3) is 3.03. The van der Waals surface area contributed by atoms with Crippen molar-refractivity contribution >= 4 is 11.8 Å². The Morgan fingerprint density at radius 3 is 2.83 bits per heavy atom. The van der Waals surface area contributed by atoms with Gasteiger partial charge in [-0.1, -0.05) is 0 Å². The second-order valence-corrected chi connectivity index (χ2v) is 8.21. The lowest BCUT2D eigenvalue weighted by molar-refractivity contribution is -0.0236. The van der Waals surface area contributed by atoms with Gasteiger partial charge < -0.3 is 10.5 Å². The summed E-state index contributed by atoms with van der Waals surface area (Å²) in [5.74, 6) is 1.23. The molecule has 1 saturated heterocycles. The van der Waals surface area contributed by atoms with E-state index >= 15 is 0 Å². The lowest BCUT2D eigenvalue weighted by atomic mass is 9.78. The van der Waals surface area contributed by atoms with E-state index in [0.717, 1.165) is 19.5 Å². The van der Waals surface area contributed by atoms with Crippen molar-refractivity contribution in [2.45, 2.75) is 55.9 Å². The summed E-state index contributed by atoms with van der Waals surface area (Å²) in [6.07, 6.45) is 5.20. The molecule has 0 spiro atoms. The predicted molar refractivity (Wildman–Crippen MR) is 79.2 cm³/mol. The van der Waals surface area contributed by atoms with Crippen LogP contribution in [0.5, 0.6) is 0 Å². The zero-order valence-electron chi connectivity index (χ0n) is 12.1. The second-order valence-electron chi connectivity index (χ2n) is 6.41. The summed E-state index contributed by atoms with van der Waals surface area (Å²) in [6.45, 7) is 7.82. The molecule has 2 fully saturated rings. The maximum absolute atomic E-state index is 6.17.